The van der Waals surface area contributed by atoms with Crippen molar-refractivity contribution in [1.82, 2.24) is 9.97 Å². The maximum atomic E-state index is 11.5. The Bertz CT molecular complexity index is 454. The van der Waals surface area contributed by atoms with E-state index in [0.717, 1.165) is 42.9 Å². The first-order valence-corrected chi connectivity index (χ1v) is 6.74. The summed E-state index contributed by atoms with van der Waals surface area (Å²) in [4.78, 5) is 20.2. The quantitative estimate of drug-likeness (QED) is 0.847. The van der Waals surface area contributed by atoms with E-state index in [0.29, 0.717) is 6.04 Å². The van der Waals surface area contributed by atoms with Gasteiger partial charge in [-0.3, -0.25) is 9.78 Å². The second-order valence-corrected chi connectivity index (χ2v) is 5.16. The van der Waals surface area contributed by atoms with Gasteiger partial charge in [-0.2, -0.15) is 0 Å². The monoisotopic (exact) mass is 263 g/mol. The van der Waals surface area contributed by atoms with Crippen LogP contribution in [0.4, 0.5) is 5.82 Å². The molecule has 1 N–H and O–H groups in total. The first kappa shape index (κ1) is 13.8. The molecule has 104 valence electrons. The zero-order valence-electron chi connectivity index (χ0n) is 11.8. The summed E-state index contributed by atoms with van der Waals surface area (Å²) in [5, 5.41) is 3.44. The summed E-state index contributed by atoms with van der Waals surface area (Å²) in [7, 11) is 1.46. The molecule has 5 nitrogen and oxygen atoms in total. The smallest absolute Gasteiger partial charge is 0.308 e. The molecular weight excluding hydrogens is 242 g/mol. The molecule has 0 radical (unpaired) electrons. The summed E-state index contributed by atoms with van der Waals surface area (Å²) in [6.45, 7) is 3.89. The number of aryl methyl sites for hydroxylation is 2. The second kappa shape index (κ2) is 5.99. The Morgan fingerprint density at radius 2 is 2.00 bits per heavy atom. The van der Waals surface area contributed by atoms with Crippen molar-refractivity contribution >= 4 is 11.8 Å². The Hall–Kier alpha value is -1.65. The van der Waals surface area contributed by atoms with Gasteiger partial charge in [-0.05, 0) is 39.5 Å². The highest BCUT2D eigenvalue weighted by molar-refractivity contribution is 5.72. The number of hydrogen-bond acceptors (Lipinski definition) is 5. The van der Waals surface area contributed by atoms with Gasteiger partial charge in [0.2, 0.25) is 0 Å². The number of esters is 1. The van der Waals surface area contributed by atoms with Gasteiger partial charge in [-0.1, -0.05) is 0 Å². The topological polar surface area (TPSA) is 64.1 Å². The third-order valence-electron chi connectivity index (χ3n) is 3.68. The van der Waals surface area contributed by atoms with Crippen LogP contribution >= 0.6 is 0 Å². The van der Waals surface area contributed by atoms with E-state index in [9.17, 15) is 4.79 Å². The van der Waals surface area contributed by atoms with E-state index in [1.807, 2.05) is 13.8 Å². The largest absolute Gasteiger partial charge is 0.469 e. The van der Waals surface area contributed by atoms with Gasteiger partial charge in [-0.25, -0.2) is 4.98 Å². The minimum atomic E-state index is -0.0787. The fourth-order valence-corrected chi connectivity index (χ4v) is 2.51. The molecule has 5 heteroatoms. The molecule has 1 fully saturated rings. The first-order chi connectivity index (χ1) is 9.10. The van der Waals surface area contributed by atoms with Crippen LogP contribution in [0.2, 0.25) is 0 Å². The minimum Gasteiger partial charge on any atom is -0.469 e. The van der Waals surface area contributed by atoms with E-state index in [2.05, 4.69) is 15.3 Å². The summed E-state index contributed by atoms with van der Waals surface area (Å²) in [6, 6.07) is 0.371. The van der Waals surface area contributed by atoms with Crippen molar-refractivity contribution < 1.29 is 9.53 Å². The number of hydrogen-bond donors (Lipinski definition) is 1. The highest BCUT2D eigenvalue weighted by Gasteiger charge is 2.27. The molecule has 1 heterocycles. The number of nitrogens with zero attached hydrogens (tertiary/aromatic N) is 2. The molecule has 1 saturated carbocycles. The standard InChI is InChI=1S/C14H21N3O2/c1-9-8-15-10(2)13(16-9)17-12-6-4-11(5-7-12)14(18)19-3/h8,11-12H,4-7H2,1-3H3,(H,16,17). The van der Waals surface area contributed by atoms with E-state index >= 15 is 0 Å². The average Bonchev–Trinajstić information content (AvgIpc) is 2.43. The van der Waals surface area contributed by atoms with Gasteiger partial charge in [-0.15, -0.1) is 0 Å². The Labute approximate surface area is 113 Å². The third kappa shape index (κ3) is 3.43. The first-order valence-electron chi connectivity index (χ1n) is 6.74. The second-order valence-electron chi connectivity index (χ2n) is 5.16. The van der Waals surface area contributed by atoms with Crippen molar-refractivity contribution in [2.75, 3.05) is 12.4 Å². The van der Waals surface area contributed by atoms with Crippen molar-refractivity contribution in [2.45, 2.75) is 45.6 Å². The predicted octanol–water partition coefficient (Wildman–Crippen LogP) is 2.24. The molecule has 0 amide bonds. The Morgan fingerprint density at radius 3 is 2.63 bits per heavy atom. The highest BCUT2D eigenvalue weighted by atomic mass is 16.5. The molecule has 0 aliphatic heterocycles. The Balaban J connectivity index is 1.92. The van der Waals surface area contributed by atoms with Gasteiger partial charge in [0.05, 0.1) is 24.4 Å². The fourth-order valence-electron chi connectivity index (χ4n) is 2.51. The van der Waals surface area contributed by atoms with Gasteiger partial charge in [0.25, 0.3) is 0 Å². The molecule has 0 aromatic carbocycles. The number of rotatable bonds is 3. The number of ether oxygens (including phenoxy) is 1. The number of nitrogens with one attached hydrogen (secondary N) is 1. The molecule has 1 aromatic rings. The lowest BCUT2D eigenvalue weighted by Crippen LogP contribution is -2.30. The molecule has 0 spiro atoms. The molecule has 19 heavy (non-hydrogen) atoms. The van der Waals surface area contributed by atoms with Crippen LogP contribution in [-0.4, -0.2) is 29.1 Å². The molecule has 1 aliphatic carbocycles. The van der Waals surface area contributed by atoms with Crippen LogP contribution in [0.5, 0.6) is 0 Å². The van der Waals surface area contributed by atoms with Crippen LogP contribution in [0.25, 0.3) is 0 Å². The molecule has 0 atom stereocenters. The van der Waals surface area contributed by atoms with Crippen LogP contribution in [0.3, 0.4) is 0 Å². The van der Waals surface area contributed by atoms with Gasteiger partial charge >= 0.3 is 5.97 Å². The number of carbonyl (C=O) groups excluding carboxylic acids is 1. The van der Waals surface area contributed by atoms with Crippen molar-refractivity contribution in [3.8, 4) is 0 Å². The molecule has 1 aliphatic rings. The predicted molar refractivity (Wildman–Crippen MR) is 72.9 cm³/mol. The van der Waals surface area contributed by atoms with Crippen molar-refractivity contribution in [2.24, 2.45) is 5.92 Å². The van der Waals surface area contributed by atoms with Gasteiger partial charge in [0.1, 0.15) is 5.82 Å². The number of methoxy groups -OCH3 is 1. The SMILES string of the molecule is COC(=O)C1CCC(Nc2nc(C)cnc2C)CC1. The van der Waals surface area contributed by atoms with E-state index in [-0.39, 0.29) is 11.9 Å². The van der Waals surface area contributed by atoms with Crippen molar-refractivity contribution in [3.63, 3.8) is 0 Å². The Kier molecular flexibility index (Phi) is 4.35. The van der Waals surface area contributed by atoms with Crippen LogP contribution in [0.1, 0.15) is 37.1 Å². The summed E-state index contributed by atoms with van der Waals surface area (Å²) in [5.41, 5.74) is 1.83. The number of carbonyl (C=O) groups is 1. The lowest BCUT2D eigenvalue weighted by atomic mass is 9.86. The summed E-state index contributed by atoms with van der Waals surface area (Å²) < 4.78 is 4.80. The van der Waals surface area contributed by atoms with E-state index in [1.54, 1.807) is 6.20 Å². The van der Waals surface area contributed by atoms with Crippen LogP contribution in [-0.2, 0) is 9.53 Å². The highest BCUT2D eigenvalue weighted by Crippen LogP contribution is 2.27. The molecular formula is C14H21N3O2. The van der Waals surface area contributed by atoms with E-state index in [4.69, 9.17) is 4.74 Å². The van der Waals surface area contributed by atoms with Gasteiger partial charge < -0.3 is 10.1 Å². The van der Waals surface area contributed by atoms with Crippen LogP contribution in [0, 0.1) is 19.8 Å². The van der Waals surface area contributed by atoms with Crippen molar-refractivity contribution in [3.05, 3.63) is 17.6 Å². The molecule has 0 saturated heterocycles. The lowest BCUT2D eigenvalue weighted by molar-refractivity contribution is -0.146. The van der Waals surface area contributed by atoms with Crippen LogP contribution in [0.15, 0.2) is 6.20 Å². The summed E-state index contributed by atoms with van der Waals surface area (Å²) in [5.74, 6) is 0.847. The lowest BCUT2D eigenvalue weighted by Gasteiger charge is -2.28. The number of aromatic nitrogens is 2. The van der Waals surface area contributed by atoms with Gasteiger partial charge in [0, 0.05) is 12.2 Å². The van der Waals surface area contributed by atoms with Gasteiger partial charge in [0.15, 0.2) is 0 Å². The van der Waals surface area contributed by atoms with E-state index in [1.165, 1.54) is 7.11 Å². The molecule has 2 rings (SSSR count). The third-order valence-corrected chi connectivity index (χ3v) is 3.68. The molecule has 1 aromatic heterocycles. The zero-order valence-corrected chi connectivity index (χ0v) is 11.8. The zero-order chi connectivity index (χ0) is 13.8. The molecule has 0 bridgehead atoms. The van der Waals surface area contributed by atoms with E-state index < -0.39 is 0 Å². The van der Waals surface area contributed by atoms with Crippen LogP contribution < -0.4 is 5.32 Å². The van der Waals surface area contributed by atoms with Crippen molar-refractivity contribution in [1.29, 1.82) is 0 Å². The summed E-state index contributed by atoms with van der Waals surface area (Å²) in [6.07, 6.45) is 5.46. The Morgan fingerprint density at radius 1 is 1.32 bits per heavy atom. The minimum absolute atomic E-state index is 0.0627. The number of anilines is 1. The maximum absolute atomic E-state index is 11.5. The summed E-state index contributed by atoms with van der Waals surface area (Å²) >= 11 is 0. The molecule has 0 unspecified atom stereocenters. The average molecular weight is 263 g/mol. The fraction of sp³-hybridized carbons (Fsp3) is 0.643. The maximum Gasteiger partial charge on any atom is 0.308 e. The normalized spacial score (nSPS) is 22.9.